The smallest absolute Gasteiger partial charge is 0.416 e. The molecule has 3 heterocycles. The van der Waals surface area contributed by atoms with Gasteiger partial charge < -0.3 is 15.0 Å². The first kappa shape index (κ1) is 25.7. The van der Waals surface area contributed by atoms with Crippen molar-refractivity contribution in [3.05, 3.63) is 77.0 Å². The number of halogens is 3. The first-order valence-corrected chi connectivity index (χ1v) is 13.6. The molecule has 3 aromatic rings. The lowest BCUT2D eigenvalue weighted by Gasteiger charge is -2.32. The highest BCUT2D eigenvalue weighted by Crippen LogP contribution is 2.36. The summed E-state index contributed by atoms with van der Waals surface area (Å²) in [5.41, 5.74) is 2.89. The summed E-state index contributed by atoms with van der Waals surface area (Å²) in [6.07, 6.45) is 1.93. The van der Waals surface area contributed by atoms with E-state index >= 15 is 0 Å². The quantitative estimate of drug-likeness (QED) is 0.379. The van der Waals surface area contributed by atoms with E-state index in [9.17, 15) is 18.0 Å². The van der Waals surface area contributed by atoms with Crippen LogP contribution in [0, 0.1) is 5.92 Å². The molecule has 1 aliphatic carbocycles. The maximum atomic E-state index is 13.8. The van der Waals surface area contributed by atoms with Crippen molar-refractivity contribution >= 4 is 17.4 Å². The van der Waals surface area contributed by atoms with Gasteiger partial charge in [0.05, 0.1) is 5.56 Å². The molecule has 1 N–H and O–H groups in total. The third-order valence-corrected chi connectivity index (χ3v) is 7.63. The van der Waals surface area contributed by atoms with Gasteiger partial charge in [-0.05, 0) is 98.3 Å². The number of hydrogen-bond acceptors (Lipinski definition) is 5. The van der Waals surface area contributed by atoms with E-state index in [1.54, 1.807) is 18.3 Å². The number of hydrogen-bond donors (Lipinski definition) is 1. The predicted octanol–water partition coefficient (Wildman–Crippen LogP) is 6.40. The normalized spacial score (nSPS) is 17.7. The van der Waals surface area contributed by atoms with Crippen molar-refractivity contribution in [2.45, 2.75) is 51.4 Å². The molecule has 0 bridgehead atoms. The lowest BCUT2D eigenvalue weighted by atomic mass is 9.98. The number of pyridine rings is 1. The molecule has 2 fully saturated rings. The van der Waals surface area contributed by atoms with Crippen molar-refractivity contribution in [1.82, 2.24) is 9.88 Å². The van der Waals surface area contributed by atoms with Gasteiger partial charge in [-0.1, -0.05) is 6.07 Å². The first-order chi connectivity index (χ1) is 18.8. The van der Waals surface area contributed by atoms with E-state index in [1.807, 2.05) is 29.2 Å². The Hall–Kier alpha value is -3.59. The van der Waals surface area contributed by atoms with E-state index in [-0.39, 0.29) is 11.8 Å². The molecule has 1 amide bonds. The number of nitrogens with zero attached hydrogens (tertiary/aromatic N) is 3. The Morgan fingerprint density at radius 1 is 0.974 bits per heavy atom. The van der Waals surface area contributed by atoms with Gasteiger partial charge in [0, 0.05) is 43.5 Å². The second-order valence-corrected chi connectivity index (χ2v) is 10.7. The van der Waals surface area contributed by atoms with E-state index in [0.29, 0.717) is 48.2 Å². The fraction of sp³-hybridized carbons (Fsp3) is 0.400. The number of carbonyl (C=O) groups is 1. The summed E-state index contributed by atoms with van der Waals surface area (Å²) >= 11 is 0. The zero-order valence-electron chi connectivity index (χ0n) is 21.6. The van der Waals surface area contributed by atoms with Crippen molar-refractivity contribution < 1.29 is 22.7 Å². The fourth-order valence-corrected chi connectivity index (χ4v) is 5.38. The molecule has 0 radical (unpaired) electrons. The number of fused-ring (bicyclic) bond motifs is 1. The number of likely N-dealkylation sites (tertiary alicyclic amines) is 1. The minimum absolute atomic E-state index is 0.0216. The second-order valence-electron chi connectivity index (χ2n) is 10.7. The van der Waals surface area contributed by atoms with Crippen LogP contribution in [-0.4, -0.2) is 35.4 Å². The van der Waals surface area contributed by atoms with Gasteiger partial charge in [0.15, 0.2) is 0 Å². The third-order valence-electron chi connectivity index (χ3n) is 7.63. The highest BCUT2D eigenvalue weighted by Gasteiger charge is 2.32. The van der Waals surface area contributed by atoms with Crippen LogP contribution in [-0.2, 0) is 30.5 Å². The Bertz CT molecular complexity index is 1370. The molecule has 0 unspecified atom stereocenters. The van der Waals surface area contributed by atoms with Crippen LogP contribution >= 0.6 is 0 Å². The Morgan fingerprint density at radius 3 is 2.54 bits per heavy atom. The zero-order chi connectivity index (χ0) is 27.0. The standard InChI is InChI=1S/C30H31F3N4O2/c31-30(32,33)24-13-20(18-36-10-1-2-11-36)14-25(16-24)37-12-8-21-5-6-26(15-23(21)19-37)39-27-7-9-34-28(17-27)35-29(38)22-3-4-22/h5-7,9,13-17,22H,1-4,8,10-12,18-19H2,(H,34,35,38). The van der Waals surface area contributed by atoms with E-state index in [1.165, 1.54) is 12.1 Å². The highest BCUT2D eigenvalue weighted by molar-refractivity contribution is 5.93. The number of nitrogens with one attached hydrogen (secondary N) is 1. The number of rotatable bonds is 7. The van der Waals surface area contributed by atoms with Gasteiger partial charge in [-0.25, -0.2) is 4.98 Å². The van der Waals surface area contributed by atoms with E-state index in [2.05, 4.69) is 15.2 Å². The molecule has 0 atom stereocenters. The Kier molecular flexibility index (Phi) is 6.93. The molecule has 2 aromatic carbocycles. The predicted molar refractivity (Wildman–Crippen MR) is 143 cm³/mol. The van der Waals surface area contributed by atoms with Gasteiger partial charge in [-0.3, -0.25) is 9.69 Å². The van der Waals surface area contributed by atoms with E-state index in [0.717, 1.165) is 56.3 Å². The van der Waals surface area contributed by atoms with Crippen LogP contribution < -0.4 is 15.0 Å². The molecule has 1 aromatic heterocycles. The molecule has 3 aliphatic rings. The Morgan fingerprint density at radius 2 is 1.77 bits per heavy atom. The lowest BCUT2D eigenvalue weighted by Crippen LogP contribution is -2.31. The molecular formula is C30H31F3N4O2. The van der Waals surface area contributed by atoms with E-state index in [4.69, 9.17) is 4.74 Å². The largest absolute Gasteiger partial charge is 0.457 e. The van der Waals surface area contributed by atoms with Crippen LogP contribution in [0.25, 0.3) is 0 Å². The second kappa shape index (κ2) is 10.5. The molecule has 1 saturated heterocycles. The average Bonchev–Trinajstić information content (AvgIpc) is 3.65. The number of aromatic nitrogens is 1. The monoisotopic (exact) mass is 536 g/mol. The van der Waals surface area contributed by atoms with Gasteiger partial charge in [0.1, 0.15) is 17.3 Å². The molecule has 1 saturated carbocycles. The number of amides is 1. The molecule has 6 rings (SSSR count). The molecule has 204 valence electrons. The summed E-state index contributed by atoms with van der Waals surface area (Å²) in [6.45, 7) is 3.53. The number of carbonyl (C=O) groups excluding carboxylic acids is 1. The van der Waals surface area contributed by atoms with Crippen LogP contribution in [0.15, 0.2) is 54.7 Å². The Labute approximate surface area is 225 Å². The minimum atomic E-state index is -4.40. The van der Waals surface area contributed by atoms with Crippen molar-refractivity contribution in [1.29, 1.82) is 0 Å². The number of alkyl halides is 3. The summed E-state index contributed by atoms with van der Waals surface area (Å²) in [6, 6.07) is 13.8. The summed E-state index contributed by atoms with van der Waals surface area (Å²) in [4.78, 5) is 20.5. The van der Waals surface area contributed by atoms with Crippen molar-refractivity contribution in [2.24, 2.45) is 5.92 Å². The Balaban J connectivity index is 1.20. The average molecular weight is 537 g/mol. The molecule has 9 heteroatoms. The SMILES string of the molecule is O=C(Nc1cc(Oc2ccc3c(c2)CN(c2cc(CN4CCCC4)cc(C(F)(F)F)c2)CC3)ccn1)C1CC1. The third kappa shape index (κ3) is 6.19. The van der Waals surface area contributed by atoms with Crippen LogP contribution in [0.1, 0.15) is 47.9 Å². The maximum absolute atomic E-state index is 13.8. The molecule has 2 aliphatic heterocycles. The number of benzene rings is 2. The molecule has 39 heavy (non-hydrogen) atoms. The van der Waals surface area contributed by atoms with Crippen molar-refractivity contribution in [3.63, 3.8) is 0 Å². The van der Waals surface area contributed by atoms with Crippen molar-refractivity contribution in [2.75, 3.05) is 29.9 Å². The first-order valence-electron chi connectivity index (χ1n) is 13.6. The summed E-state index contributed by atoms with van der Waals surface area (Å²) in [5.74, 6) is 1.68. The van der Waals surface area contributed by atoms with Gasteiger partial charge >= 0.3 is 6.18 Å². The van der Waals surface area contributed by atoms with Gasteiger partial charge in [-0.2, -0.15) is 13.2 Å². The minimum Gasteiger partial charge on any atom is -0.457 e. The van der Waals surface area contributed by atoms with E-state index < -0.39 is 11.7 Å². The van der Waals surface area contributed by atoms with Gasteiger partial charge in [0.2, 0.25) is 5.91 Å². The molecular weight excluding hydrogens is 505 g/mol. The fourth-order valence-electron chi connectivity index (χ4n) is 5.38. The van der Waals surface area contributed by atoms with Crippen LogP contribution in [0.4, 0.5) is 24.7 Å². The van der Waals surface area contributed by atoms with Crippen LogP contribution in [0.2, 0.25) is 0 Å². The number of anilines is 2. The topological polar surface area (TPSA) is 57.7 Å². The zero-order valence-corrected chi connectivity index (χ0v) is 21.6. The van der Waals surface area contributed by atoms with Crippen LogP contribution in [0.3, 0.4) is 0 Å². The summed E-state index contributed by atoms with van der Waals surface area (Å²) in [5, 5.41) is 2.83. The molecule has 6 nitrogen and oxygen atoms in total. The van der Waals surface area contributed by atoms with Crippen molar-refractivity contribution in [3.8, 4) is 11.5 Å². The lowest BCUT2D eigenvalue weighted by molar-refractivity contribution is -0.137. The number of ether oxygens (including phenoxy) is 1. The highest BCUT2D eigenvalue weighted by atomic mass is 19.4. The summed E-state index contributed by atoms with van der Waals surface area (Å²) in [7, 11) is 0. The van der Waals surface area contributed by atoms with Gasteiger partial charge in [-0.15, -0.1) is 0 Å². The maximum Gasteiger partial charge on any atom is 0.416 e. The van der Waals surface area contributed by atoms with Crippen LogP contribution in [0.5, 0.6) is 11.5 Å². The molecule has 0 spiro atoms. The van der Waals surface area contributed by atoms with Gasteiger partial charge in [0.25, 0.3) is 0 Å². The summed E-state index contributed by atoms with van der Waals surface area (Å²) < 4.78 is 47.5.